The van der Waals surface area contributed by atoms with Crippen LogP contribution in [-0.2, 0) is 27.2 Å². The lowest BCUT2D eigenvalue weighted by Gasteiger charge is -2.30. The number of carbonyl (C=O) groups is 3. The number of ether oxygens (including phenoxy) is 2. The molecule has 0 saturated heterocycles. The lowest BCUT2D eigenvalue weighted by molar-refractivity contribution is -0.138. The molecule has 3 amide bonds. The molecule has 0 fully saturated rings. The van der Waals surface area contributed by atoms with Crippen LogP contribution in [0.4, 0.5) is 10.1 Å². The van der Waals surface area contributed by atoms with E-state index < -0.39 is 17.6 Å². The van der Waals surface area contributed by atoms with Crippen LogP contribution >= 0.6 is 0 Å². The van der Waals surface area contributed by atoms with Crippen molar-refractivity contribution in [2.24, 2.45) is 0 Å². The van der Waals surface area contributed by atoms with Crippen LogP contribution in [0.2, 0.25) is 0 Å². The number of H-pyrrole nitrogens is 1. The smallest absolute Gasteiger partial charge is 0.239 e. The number of aromatic nitrogens is 1. The number of benzene rings is 3. The molecule has 6 rings (SSSR count). The van der Waals surface area contributed by atoms with Gasteiger partial charge in [0.25, 0.3) is 0 Å². The fraction of sp³-hybridized carbons (Fsp3) is 0.303. The van der Waals surface area contributed by atoms with E-state index in [4.69, 9.17) is 9.47 Å². The van der Waals surface area contributed by atoms with Crippen LogP contribution in [0, 0.1) is 5.82 Å². The van der Waals surface area contributed by atoms with E-state index in [1.807, 2.05) is 36.4 Å². The maximum absolute atomic E-state index is 14.2. The van der Waals surface area contributed by atoms with Gasteiger partial charge in [-0.2, -0.15) is 0 Å². The van der Waals surface area contributed by atoms with Gasteiger partial charge in [-0.1, -0.05) is 24.3 Å². The third-order valence-corrected chi connectivity index (χ3v) is 8.03. The minimum absolute atomic E-state index is 0.128. The second-order valence-electron chi connectivity index (χ2n) is 10.9. The minimum atomic E-state index is -0.899. The van der Waals surface area contributed by atoms with Crippen molar-refractivity contribution in [3.8, 4) is 11.5 Å². The first-order valence-corrected chi connectivity index (χ1v) is 14.4. The number of para-hydroxylation sites is 1. The SMILES string of the molecule is COc1ccc2cc1OCCCN(C(=O)C1CC(=O)Nc3ccc(F)cc31)CC(=O)NCCc1c([nH]c3ccccc13)C2. The van der Waals surface area contributed by atoms with Gasteiger partial charge in [0.15, 0.2) is 11.5 Å². The molecule has 2 bridgehead atoms. The molecule has 3 aromatic carbocycles. The number of nitrogens with zero attached hydrogens (tertiary/aromatic N) is 1. The first kappa shape index (κ1) is 28.3. The van der Waals surface area contributed by atoms with Crippen molar-refractivity contribution >= 4 is 34.3 Å². The summed E-state index contributed by atoms with van der Waals surface area (Å²) in [6, 6.07) is 17.9. The van der Waals surface area contributed by atoms with Gasteiger partial charge in [-0.05, 0) is 65.9 Å². The monoisotopic (exact) mass is 584 g/mol. The maximum Gasteiger partial charge on any atom is 0.239 e. The first-order valence-electron chi connectivity index (χ1n) is 14.4. The molecule has 1 aromatic heterocycles. The standard InChI is InChI=1S/C33H33FN4O5/c1-42-29-10-7-20-15-28-23(22-5-2-3-6-26(22)36-28)11-12-35-32(40)19-38(13-4-14-43-30(29)16-20)33(41)25-18-31(39)37-27-9-8-21(34)17-24(25)27/h2-3,5-10,16-17,25,36H,4,11-15,18-19H2,1H3,(H,35,40)(H,37,39). The molecule has 4 aromatic rings. The highest BCUT2D eigenvalue weighted by Crippen LogP contribution is 2.35. The summed E-state index contributed by atoms with van der Waals surface area (Å²) in [4.78, 5) is 44.4. The van der Waals surface area contributed by atoms with Gasteiger partial charge in [-0.3, -0.25) is 14.4 Å². The average Bonchev–Trinajstić information content (AvgIpc) is 3.34. The Bertz CT molecular complexity index is 1700. The van der Waals surface area contributed by atoms with Gasteiger partial charge in [0, 0.05) is 48.2 Å². The number of nitrogens with one attached hydrogen (secondary N) is 3. The molecule has 0 saturated carbocycles. The number of carbonyl (C=O) groups excluding carboxylic acids is 3. The fourth-order valence-corrected chi connectivity index (χ4v) is 5.97. The van der Waals surface area contributed by atoms with E-state index in [1.165, 1.54) is 23.1 Å². The Morgan fingerprint density at radius 1 is 1.07 bits per heavy atom. The van der Waals surface area contributed by atoms with Crippen molar-refractivity contribution < 1.29 is 28.2 Å². The topological polar surface area (TPSA) is 113 Å². The van der Waals surface area contributed by atoms with E-state index in [1.54, 1.807) is 7.11 Å². The molecule has 43 heavy (non-hydrogen) atoms. The third-order valence-electron chi connectivity index (χ3n) is 8.03. The van der Waals surface area contributed by atoms with E-state index in [9.17, 15) is 18.8 Å². The normalized spacial score (nSPS) is 17.7. The Balaban J connectivity index is 1.30. The van der Waals surface area contributed by atoms with Crippen LogP contribution in [0.15, 0.2) is 60.7 Å². The van der Waals surface area contributed by atoms with Gasteiger partial charge in [-0.25, -0.2) is 4.39 Å². The Hall–Kier alpha value is -4.86. The van der Waals surface area contributed by atoms with Gasteiger partial charge in [-0.15, -0.1) is 0 Å². The molecule has 10 heteroatoms. The highest BCUT2D eigenvalue weighted by molar-refractivity contribution is 6.01. The number of anilines is 1. The van der Waals surface area contributed by atoms with E-state index >= 15 is 0 Å². The first-order chi connectivity index (χ1) is 20.9. The maximum atomic E-state index is 14.2. The summed E-state index contributed by atoms with van der Waals surface area (Å²) in [7, 11) is 1.59. The van der Waals surface area contributed by atoms with Crippen molar-refractivity contribution in [1.29, 1.82) is 0 Å². The summed E-state index contributed by atoms with van der Waals surface area (Å²) in [6.07, 6.45) is 1.54. The number of hydrogen-bond donors (Lipinski definition) is 3. The number of rotatable bonds is 2. The van der Waals surface area contributed by atoms with Crippen molar-refractivity contribution in [2.75, 3.05) is 38.7 Å². The highest BCUT2D eigenvalue weighted by Gasteiger charge is 2.34. The van der Waals surface area contributed by atoms with E-state index in [0.29, 0.717) is 48.6 Å². The molecule has 3 heterocycles. The largest absolute Gasteiger partial charge is 0.493 e. The van der Waals surface area contributed by atoms with Crippen molar-refractivity contribution in [1.82, 2.24) is 15.2 Å². The molecule has 222 valence electrons. The van der Waals surface area contributed by atoms with Gasteiger partial charge in [0.2, 0.25) is 17.7 Å². The molecular weight excluding hydrogens is 551 g/mol. The molecule has 0 aliphatic carbocycles. The van der Waals surface area contributed by atoms with E-state index in [-0.39, 0.29) is 37.9 Å². The fourth-order valence-electron chi connectivity index (χ4n) is 5.97. The van der Waals surface area contributed by atoms with Crippen LogP contribution in [0.1, 0.15) is 41.1 Å². The highest BCUT2D eigenvalue weighted by atomic mass is 19.1. The number of fused-ring (bicyclic) bond motifs is 6. The molecule has 2 aliphatic rings. The molecule has 1 atom stereocenters. The molecule has 0 radical (unpaired) electrons. The summed E-state index contributed by atoms with van der Waals surface area (Å²) in [5, 5.41) is 6.77. The summed E-state index contributed by atoms with van der Waals surface area (Å²) < 4.78 is 25.8. The minimum Gasteiger partial charge on any atom is -0.493 e. The molecule has 0 spiro atoms. The average molecular weight is 585 g/mol. The van der Waals surface area contributed by atoms with Crippen LogP contribution in [0.3, 0.4) is 0 Å². The number of amides is 3. The van der Waals surface area contributed by atoms with Crippen LogP contribution < -0.4 is 20.1 Å². The summed E-state index contributed by atoms with van der Waals surface area (Å²) >= 11 is 0. The summed E-state index contributed by atoms with van der Waals surface area (Å²) in [5.41, 5.74) is 5.03. The van der Waals surface area contributed by atoms with Crippen LogP contribution in [0.25, 0.3) is 10.9 Å². The molecule has 9 nitrogen and oxygen atoms in total. The van der Waals surface area contributed by atoms with Crippen molar-refractivity contribution in [3.63, 3.8) is 0 Å². The van der Waals surface area contributed by atoms with Crippen LogP contribution in [0.5, 0.6) is 11.5 Å². The predicted octanol–water partition coefficient (Wildman–Crippen LogP) is 4.30. The zero-order chi connectivity index (χ0) is 29.9. The van der Waals surface area contributed by atoms with E-state index in [2.05, 4.69) is 21.7 Å². The molecule has 1 unspecified atom stereocenters. The Kier molecular flexibility index (Phi) is 8.00. The Morgan fingerprint density at radius 2 is 1.93 bits per heavy atom. The van der Waals surface area contributed by atoms with Crippen molar-refractivity contribution in [2.45, 2.75) is 31.6 Å². The van der Waals surface area contributed by atoms with Gasteiger partial charge < -0.3 is 30.0 Å². The Morgan fingerprint density at radius 3 is 2.79 bits per heavy atom. The molecular formula is C33H33FN4O5. The van der Waals surface area contributed by atoms with Crippen LogP contribution in [-0.4, -0.2) is 61.0 Å². The zero-order valence-electron chi connectivity index (χ0n) is 23.9. The van der Waals surface area contributed by atoms with E-state index in [0.717, 1.165) is 27.7 Å². The third kappa shape index (κ3) is 6.04. The van der Waals surface area contributed by atoms with Crippen molar-refractivity contribution in [3.05, 3.63) is 88.9 Å². The second kappa shape index (κ2) is 12.2. The summed E-state index contributed by atoms with van der Waals surface area (Å²) in [6.45, 7) is 0.663. The van der Waals surface area contributed by atoms with Gasteiger partial charge in [0.1, 0.15) is 5.82 Å². The number of methoxy groups -OCH3 is 1. The van der Waals surface area contributed by atoms with Gasteiger partial charge >= 0.3 is 0 Å². The predicted molar refractivity (Wildman–Crippen MR) is 160 cm³/mol. The number of aromatic amines is 1. The summed E-state index contributed by atoms with van der Waals surface area (Å²) in [5.74, 6) is -1.26. The molecule has 3 N–H and O–H groups in total. The number of halogens is 1. The molecule has 2 aliphatic heterocycles. The quantitative estimate of drug-likeness (QED) is 0.325. The second-order valence-corrected chi connectivity index (χ2v) is 10.9. The number of hydrogen-bond acceptors (Lipinski definition) is 5. The Labute approximate surface area is 248 Å². The lowest BCUT2D eigenvalue weighted by atomic mass is 9.89. The zero-order valence-corrected chi connectivity index (χ0v) is 23.9. The van der Waals surface area contributed by atoms with Gasteiger partial charge in [0.05, 0.1) is 26.2 Å². The lowest BCUT2D eigenvalue weighted by Crippen LogP contribution is -2.45.